The standard InChI is InChI=1S/C19H17BrO4/c1-2-23-18(22)19(10-11-19)24-16-8-6-13(7-9-16)17(21)14-4-3-5-15(20)12-14/h3-9,12H,2,10-11H2,1H3. The molecule has 0 amide bonds. The number of hydrogen-bond donors (Lipinski definition) is 0. The van der Waals surface area contributed by atoms with Crippen LogP contribution in [0.25, 0.3) is 0 Å². The third-order valence-corrected chi connectivity index (χ3v) is 4.36. The lowest BCUT2D eigenvalue weighted by atomic mass is 10.0. The molecule has 0 aliphatic heterocycles. The molecule has 1 saturated carbocycles. The highest BCUT2D eigenvalue weighted by Gasteiger charge is 2.54. The molecular formula is C19H17BrO4. The molecule has 0 N–H and O–H groups in total. The Balaban J connectivity index is 1.72. The lowest BCUT2D eigenvalue weighted by molar-refractivity contribution is -0.153. The molecule has 3 rings (SSSR count). The topological polar surface area (TPSA) is 52.6 Å². The van der Waals surface area contributed by atoms with Crippen LogP contribution in [0.5, 0.6) is 5.75 Å². The van der Waals surface area contributed by atoms with Crippen LogP contribution in [0.1, 0.15) is 35.7 Å². The van der Waals surface area contributed by atoms with Gasteiger partial charge in [-0.05, 0) is 43.3 Å². The van der Waals surface area contributed by atoms with Crippen LogP contribution in [0.15, 0.2) is 53.0 Å². The van der Waals surface area contributed by atoms with Crippen LogP contribution in [0, 0.1) is 0 Å². The molecule has 0 unspecified atom stereocenters. The van der Waals surface area contributed by atoms with Crippen LogP contribution < -0.4 is 4.74 Å². The second kappa shape index (κ2) is 6.77. The Morgan fingerprint density at radius 1 is 1.08 bits per heavy atom. The largest absolute Gasteiger partial charge is 0.476 e. The van der Waals surface area contributed by atoms with E-state index in [1.54, 1.807) is 43.3 Å². The van der Waals surface area contributed by atoms with Crippen molar-refractivity contribution in [1.82, 2.24) is 0 Å². The van der Waals surface area contributed by atoms with Gasteiger partial charge in [0.1, 0.15) is 5.75 Å². The van der Waals surface area contributed by atoms with Gasteiger partial charge in [0.2, 0.25) is 5.60 Å². The summed E-state index contributed by atoms with van der Waals surface area (Å²) in [4.78, 5) is 24.4. The monoisotopic (exact) mass is 388 g/mol. The van der Waals surface area contributed by atoms with E-state index in [9.17, 15) is 9.59 Å². The van der Waals surface area contributed by atoms with Gasteiger partial charge in [-0.1, -0.05) is 28.1 Å². The molecule has 0 heterocycles. The summed E-state index contributed by atoms with van der Waals surface area (Å²) in [6.45, 7) is 2.11. The normalized spacial score (nSPS) is 14.8. The van der Waals surface area contributed by atoms with Crippen molar-refractivity contribution in [3.63, 3.8) is 0 Å². The molecular weight excluding hydrogens is 372 g/mol. The number of esters is 1. The minimum atomic E-state index is -0.841. The number of benzene rings is 2. The zero-order valence-electron chi connectivity index (χ0n) is 13.3. The molecule has 2 aromatic carbocycles. The summed E-state index contributed by atoms with van der Waals surface area (Å²) in [5.41, 5.74) is 0.343. The Morgan fingerprint density at radius 3 is 2.38 bits per heavy atom. The van der Waals surface area contributed by atoms with Crippen LogP contribution in [-0.2, 0) is 9.53 Å². The van der Waals surface area contributed by atoms with Crippen molar-refractivity contribution in [2.45, 2.75) is 25.4 Å². The Hall–Kier alpha value is -2.14. The highest BCUT2D eigenvalue weighted by atomic mass is 79.9. The summed E-state index contributed by atoms with van der Waals surface area (Å²) in [5.74, 6) is 0.181. The molecule has 0 bridgehead atoms. The predicted octanol–water partition coefficient (Wildman–Crippen LogP) is 4.15. The summed E-state index contributed by atoms with van der Waals surface area (Å²) in [7, 11) is 0. The number of ether oxygens (including phenoxy) is 2. The molecule has 0 atom stereocenters. The van der Waals surface area contributed by atoms with Crippen LogP contribution in [0.4, 0.5) is 0 Å². The van der Waals surface area contributed by atoms with Gasteiger partial charge in [-0.25, -0.2) is 4.79 Å². The van der Waals surface area contributed by atoms with E-state index in [0.717, 1.165) is 4.47 Å². The molecule has 0 spiro atoms. The molecule has 2 aromatic rings. The van der Waals surface area contributed by atoms with Crippen molar-refractivity contribution >= 4 is 27.7 Å². The maximum atomic E-state index is 12.5. The van der Waals surface area contributed by atoms with E-state index in [2.05, 4.69) is 15.9 Å². The van der Waals surface area contributed by atoms with Crippen molar-refractivity contribution in [3.8, 4) is 5.75 Å². The Labute approximate surface area is 148 Å². The Kier molecular flexibility index (Phi) is 4.71. The third-order valence-electron chi connectivity index (χ3n) is 3.87. The van der Waals surface area contributed by atoms with Crippen LogP contribution in [-0.4, -0.2) is 24.0 Å². The van der Waals surface area contributed by atoms with Gasteiger partial charge in [0, 0.05) is 28.4 Å². The molecule has 1 aliphatic rings. The first-order valence-electron chi connectivity index (χ1n) is 7.81. The van der Waals surface area contributed by atoms with Crippen molar-refractivity contribution < 1.29 is 19.1 Å². The quantitative estimate of drug-likeness (QED) is 0.550. The minimum Gasteiger partial charge on any atom is -0.476 e. The average molecular weight is 389 g/mol. The highest BCUT2D eigenvalue weighted by Crippen LogP contribution is 2.41. The molecule has 124 valence electrons. The summed E-state index contributed by atoms with van der Waals surface area (Å²) >= 11 is 3.36. The Morgan fingerprint density at radius 2 is 1.79 bits per heavy atom. The lowest BCUT2D eigenvalue weighted by Crippen LogP contribution is -2.31. The zero-order chi connectivity index (χ0) is 17.2. The third kappa shape index (κ3) is 3.51. The van der Waals surface area contributed by atoms with Gasteiger partial charge in [0.25, 0.3) is 0 Å². The molecule has 24 heavy (non-hydrogen) atoms. The fraction of sp³-hybridized carbons (Fsp3) is 0.263. The molecule has 0 aromatic heterocycles. The van der Waals surface area contributed by atoms with Gasteiger partial charge in [-0.2, -0.15) is 0 Å². The number of halogens is 1. The van der Waals surface area contributed by atoms with Crippen molar-refractivity contribution in [2.24, 2.45) is 0 Å². The van der Waals surface area contributed by atoms with E-state index < -0.39 is 5.60 Å². The number of hydrogen-bond acceptors (Lipinski definition) is 4. The number of carbonyl (C=O) groups is 2. The summed E-state index contributed by atoms with van der Waals surface area (Å²) < 4.78 is 11.7. The van der Waals surface area contributed by atoms with E-state index in [1.807, 2.05) is 12.1 Å². The van der Waals surface area contributed by atoms with E-state index in [0.29, 0.717) is 36.3 Å². The lowest BCUT2D eigenvalue weighted by Gasteiger charge is -2.16. The van der Waals surface area contributed by atoms with Crippen molar-refractivity contribution in [1.29, 1.82) is 0 Å². The first kappa shape index (κ1) is 16.7. The molecule has 0 saturated heterocycles. The summed E-state index contributed by atoms with van der Waals surface area (Å²) in [6.07, 6.45) is 1.31. The molecule has 1 fully saturated rings. The number of carbonyl (C=O) groups excluding carboxylic acids is 2. The molecule has 4 nitrogen and oxygen atoms in total. The van der Waals surface area contributed by atoms with E-state index >= 15 is 0 Å². The second-order valence-electron chi connectivity index (χ2n) is 5.68. The minimum absolute atomic E-state index is 0.0608. The molecule has 0 radical (unpaired) electrons. The first-order valence-corrected chi connectivity index (χ1v) is 8.60. The maximum Gasteiger partial charge on any atom is 0.350 e. The van der Waals surface area contributed by atoms with Crippen molar-refractivity contribution in [2.75, 3.05) is 6.61 Å². The average Bonchev–Trinajstić information content (AvgIpc) is 3.36. The van der Waals surface area contributed by atoms with Gasteiger partial charge in [-0.15, -0.1) is 0 Å². The van der Waals surface area contributed by atoms with E-state index in [-0.39, 0.29) is 11.8 Å². The maximum absolute atomic E-state index is 12.5. The van der Waals surface area contributed by atoms with Gasteiger partial charge in [0.15, 0.2) is 5.78 Å². The van der Waals surface area contributed by atoms with Crippen LogP contribution in [0.3, 0.4) is 0 Å². The van der Waals surface area contributed by atoms with Crippen LogP contribution >= 0.6 is 15.9 Å². The summed E-state index contributed by atoms with van der Waals surface area (Å²) in [5, 5.41) is 0. The van der Waals surface area contributed by atoms with Crippen molar-refractivity contribution in [3.05, 3.63) is 64.1 Å². The predicted molar refractivity (Wildman–Crippen MR) is 93.2 cm³/mol. The second-order valence-corrected chi connectivity index (χ2v) is 6.60. The Bertz CT molecular complexity index is 763. The van der Waals surface area contributed by atoms with Gasteiger partial charge in [0.05, 0.1) is 6.61 Å². The van der Waals surface area contributed by atoms with Gasteiger partial charge in [-0.3, -0.25) is 4.79 Å². The van der Waals surface area contributed by atoms with Gasteiger partial charge >= 0.3 is 5.97 Å². The smallest absolute Gasteiger partial charge is 0.350 e. The molecule has 5 heteroatoms. The van der Waals surface area contributed by atoms with E-state index in [4.69, 9.17) is 9.47 Å². The fourth-order valence-corrected chi connectivity index (χ4v) is 2.82. The SMILES string of the molecule is CCOC(=O)C1(Oc2ccc(C(=O)c3cccc(Br)c3)cc2)CC1. The number of ketones is 1. The van der Waals surface area contributed by atoms with Crippen LogP contribution in [0.2, 0.25) is 0 Å². The number of rotatable bonds is 6. The first-order chi connectivity index (χ1) is 11.5. The van der Waals surface area contributed by atoms with E-state index in [1.165, 1.54) is 0 Å². The molecule has 1 aliphatic carbocycles. The summed E-state index contributed by atoms with van der Waals surface area (Å²) in [6, 6.07) is 14.1. The van der Waals surface area contributed by atoms with Gasteiger partial charge < -0.3 is 9.47 Å². The zero-order valence-corrected chi connectivity index (χ0v) is 14.8. The fourth-order valence-electron chi connectivity index (χ4n) is 2.42. The highest BCUT2D eigenvalue weighted by molar-refractivity contribution is 9.10.